The van der Waals surface area contributed by atoms with Crippen molar-refractivity contribution in [3.63, 3.8) is 0 Å². The van der Waals surface area contributed by atoms with Crippen LogP contribution in [0.3, 0.4) is 0 Å². The molecule has 32 heavy (non-hydrogen) atoms. The lowest BCUT2D eigenvalue weighted by atomic mass is 10.0. The van der Waals surface area contributed by atoms with Crippen LogP contribution in [0.2, 0.25) is 0 Å². The van der Waals surface area contributed by atoms with Gasteiger partial charge in [-0.3, -0.25) is 13.9 Å². The highest BCUT2D eigenvalue weighted by atomic mass is 32.1. The molecular weight excluding hydrogens is 448 g/mol. The van der Waals surface area contributed by atoms with Gasteiger partial charge in [-0.1, -0.05) is 0 Å². The van der Waals surface area contributed by atoms with Gasteiger partial charge in [0.1, 0.15) is 5.69 Å². The molecule has 0 spiro atoms. The lowest BCUT2D eigenvalue weighted by molar-refractivity contribution is 0.0513. The minimum absolute atomic E-state index is 0.144. The largest absolute Gasteiger partial charge is 0.461 e. The lowest BCUT2D eigenvalue weighted by Crippen LogP contribution is -2.37. The van der Waals surface area contributed by atoms with Crippen molar-refractivity contribution in [3.05, 3.63) is 56.5 Å². The van der Waals surface area contributed by atoms with Crippen LogP contribution in [-0.4, -0.2) is 54.1 Å². The molecule has 0 radical (unpaired) electrons. The first-order chi connectivity index (χ1) is 15.5. The van der Waals surface area contributed by atoms with Gasteiger partial charge in [0.2, 0.25) is 0 Å². The molecular formula is C21H22N6O3S2. The highest BCUT2D eigenvalue weighted by Crippen LogP contribution is 2.26. The van der Waals surface area contributed by atoms with Crippen LogP contribution in [0.15, 0.2) is 23.3 Å². The summed E-state index contributed by atoms with van der Waals surface area (Å²) in [6.45, 7) is 5.55. The Morgan fingerprint density at radius 1 is 1.28 bits per heavy atom. The van der Waals surface area contributed by atoms with Crippen LogP contribution in [0.4, 0.5) is 0 Å². The molecule has 0 atom stereocenters. The van der Waals surface area contributed by atoms with Crippen LogP contribution < -0.4 is 0 Å². The Morgan fingerprint density at radius 2 is 2.16 bits per heavy atom. The number of esters is 1. The van der Waals surface area contributed by atoms with E-state index >= 15 is 0 Å². The average Bonchev–Trinajstić information content (AvgIpc) is 3.55. The van der Waals surface area contributed by atoms with E-state index in [4.69, 9.17) is 4.74 Å². The first-order valence-corrected chi connectivity index (χ1v) is 12.2. The zero-order valence-electron chi connectivity index (χ0n) is 17.8. The van der Waals surface area contributed by atoms with E-state index in [2.05, 4.69) is 15.1 Å². The van der Waals surface area contributed by atoms with Crippen molar-refractivity contribution < 1.29 is 14.3 Å². The van der Waals surface area contributed by atoms with Crippen molar-refractivity contribution in [2.45, 2.75) is 39.8 Å². The summed E-state index contributed by atoms with van der Waals surface area (Å²) in [5, 5.41) is 6.53. The van der Waals surface area contributed by atoms with Crippen molar-refractivity contribution in [1.29, 1.82) is 0 Å². The zero-order valence-corrected chi connectivity index (χ0v) is 19.4. The Labute approximate surface area is 192 Å². The van der Waals surface area contributed by atoms with Crippen molar-refractivity contribution in [1.82, 2.24) is 29.0 Å². The summed E-state index contributed by atoms with van der Waals surface area (Å²) in [5.41, 5.74) is 5.34. The number of carbonyl (C=O) groups is 2. The summed E-state index contributed by atoms with van der Waals surface area (Å²) in [4.78, 5) is 38.2. The van der Waals surface area contributed by atoms with Crippen LogP contribution in [0, 0.1) is 6.92 Å². The fraction of sp³-hybridized carbons (Fsp3) is 0.381. The quantitative estimate of drug-likeness (QED) is 0.402. The number of amides is 1. The topological polar surface area (TPSA) is 94.6 Å². The van der Waals surface area contributed by atoms with Gasteiger partial charge in [-0.05, 0) is 13.8 Å². The van der Waals surface area contributed by atoms with Crippen LogP contribution in [0.1, 0.15) is 49.7 Å². The summed E-state index contributed by atoms with van der Waals surface area (Å²) >= 11 is 3.11. The summed E-state index contributed by atoms with van der Waals surface area (Å²) in [6, 6.07) is 0. The number of hydrogen-bond acceptors (Lipinski definition) is 8. The fourth-order valence-electron chi connectivity index (χ4n) is 3.98. The number of ether oxygens (including phenoxy) is 1. The summed E-state index contributed by atoms with van der Waals surface area (Å²) < 4.78 is 8.99. The number of imidazole rings is 1. The van der Waals surface area contributed by atoms with Crippen molar-refractivity contribution in [2.24, 2.45) is 0 Å². The first kappa shape index (κ1) is 20.8. The van der Waals surface area contributed by atoms with Gasteiger partial charge in [0.05, 0.1) is 24.4 Å². The molecule has 5 heterocycles. The molecule has 0 saturated carbocycles. The molecule has 166 valence electrons. The maximum atomic E-state index is 13.1. The Bertz CT molecular complexity index is 1270. The van der Waals surface area contributed by atoms with E-state index < -0.39 is 5.97 Å². The second-order valence-corrected chi connectivity index (χ2v) is 9.34. The van der Waals surface area contributed by atoms with E-state index in [9.17, 15) is 9.59 Å². The van der Waals surface area contributed by atoms with Crippen molar-refractivity contribution in [2.75, 3.05) is 13.2 Å². The SMILES string of the molecule is CCOC(=O)c1nn(CCc2scnc2C)c2c1CN(C(=O)c1cn3ccsc3n1)CC2. The van der Waals surface area contributed by atoms with E-state index in [-0.39, 0.29) is 12.5 Å². The van der Waals surface area contributed by atoms with Crippen LogP contribution in [0.5, 0.6) is 0 Å². The molecule has 1 amide bonds. The molecule has 5 rings (SSSR count). The molecule has 0 unspecified atom stereocenters. The third-order valence-corrected chi connectivity index (χ3v) is 7.36. The highest BCUT2D eigenvalue weighted by Gasteiger charge is 2.32. The van der Waals surface area contributed by atoms with Gasteiger partial charge in [0, 0.05) is 59.8 Å². The minimum Gasteiger partial charge on any atom is -0.461 e. The Hall–Kier alpha value is -3.05. The first-order valence-electron chi connectivity index (χ1n) is 10.4. The zero-order chi connectivity index (χ0) is 22.2. The third-order valence-electron chi connectivity index (χ3n) is 5.60. The Balaban J connectivity index is 1.42. The van der Waals surface area contributed by atoms with Gasteiger partial charge >= 0.3 is 5.97 Å². The van der Waals surface area contributed by atoms with Crippen molar-refractivity contribution >= 4 is 39.5 Å². The molecule has 0 N–H and O–H groups in total. The number of hydrogen-bond donors (Lipinski definition) is 0. The second-order valence-electron chi connectivity index (χ2n) is 7.52. The summed E-state index contributed by atoms with van der Waals surface area (Å²) in [5.74, 6) is -0.595. The molecule has 0 fully saturated rings. The second kappa shape index (κ2) is 8.47. The summed E-state index contributed by atoms with van der Waals surface area (Å²) in [7, 11) is 0. The molecule has 11 heteroatoms. The number of thiazole rings is 2. The molecule has 0 saturated heterocycles. The number of nitrogens with zero attached hydrogens (tertiary/aromatic N) is 6. The van der Waals surface area contributed by atoms with E-state index in [1.165, 1.54) is 16.2 Å². The van der Waals surface area contributed by atoms with Crippen LogP contribution in [-0.2, 0) is 30.7 Å². The van der Waals surface area contributed by atoms with Gasteiger partial charge in [0.25, 0.3) is 5.91 Å². The van der Waals surface area contributed by atoms with Gasteiger partial charge in [-0.2, -0.15) is 5.10 Å². The average molecular weight is 471 g/mol. The van der Waals surface area contributed by atoms with E-state index in [1.54, 1.807) is 29.4 Å². The van der Waals surface area contributed by atoms with E-state index in [1.807, 2.05) is 33.1 Å². The maximum absolute atomic E-state index is 13.1. The number of aryl methyl sites for hydroxylation is 3. The van der Waals surface area contributed by atoms with Gasteiger partial charge in [0.15, 0.2) is 10.7 Å². The predicted octanol–water partition coefficient (Wildman–Crippen LogP) is 2.98. The number of carbonyl (C=O) groups excluding carboxylic acids is 2. The van der Waals surface area contributed by atoms with Gasteiger partial charge in [-0.25, -0.2) is 14.8 Å². The number of fused-ring (bicyclic) bond motifs is 2. The molecule has 1 aliphatic rings. The van der Waals surface area contributed by atoms with Crippen molar-refractivity contribution in [3.8, 4) is 0 Å². The molecule has 0 aromatic carbocycles. The van der Waals surface area contributed by atoms with Crippen LogP contribution in [0.25, 0.3) is 4.96 Å². The predicted molar refractivity (Wildman–Crippen MR) is 120 cm³/mol. The molecule has 0 bridgehead atoms. The van der Waals surface area contributed by atoms with E-state index in [0.29, 0.717) is 37.4 Å². The summed E-state index contributed by atoms with van der Waals surface area (Å²) in [6.07, 6.45) is 5.04. The standard InChI is InChI=1S/C21H22N6O3S2/c1-3-30-20(29)18-14-10-25(19(28)15-11-26-8-9-31-21(26)23-15)6-4-16(14)27(24-18)7-5-17-13(2)22-12-32-17/h8-9,11-12H,3-7,10H2,1-2H3. The Morgan fingerprint density at radius 3 is 2.91 bits per heavy atom. The minimum atomic E-state index is -0.451. The Kier molecular flexibility index (Phi) is 5.51. The molecule has 4 aromatic heterocycles. The molecule has 1 aliphatic heterocycles. The number of rotatable bonds is 6. The van der Waals surface area contributed by atoms with Crippen LogP contribution >= 0.6 is 22.7 Å². The fourth-order valence-corrected chi connectivity index (χ4v) is 5.45. The van der Waals surface area contributed by atoms with Gasteiger partial charge < -0.3 is 9.64 Å². The molecule has 4 aromatic rings. The lowest BCUT2D eigenvalue weighted by Gasteiger charge is -2.27. The highest BCUT2D eigenvalue weighted by molar-refractivity contribution is 7.15. The number of aromatic nitrogens is 5. The van der Waals surface area contributed by atoms with E-state index in [0.717, 1.165) is 28.3 Å². The third kappa shape index (κ3) is 3.71. The molecule has 0 aliphatic carbocycles. The smallest absolute Gasteiger partial charge is 0.359 e. The maximum Gasteiger partial charge on any atom is 0.359 e. The normalized spacial score (nSPS) is 13.5. The van der Waals surface area contributed by atoms with Gasteiger partial charge in [-0.15, -0.1) is 22.7 Å². The monoisotopic (exact) mass is 470 g/mol. The molecule has 9 nitrogen and oxygen atoms in total.